The van der Waals surface area contributed by atoms with Crippen molar-refractivity contribution in [3.05, 3.63) is 34.6 Å². The van der Waals surface area contributed by atoms with E-state index >= 15 is 0 Å². The number of ether oxygens (including phenoxy) is 1. The number of amides is 1. The van der Waals surface area contributed by atoms with E-state index in [1.54, 1.807) is 34.1 Å². The fourth-order valence-corrected chi connectivity index (χ4v) is 3.46. The van der Waals surface area contributed by atoms with Crippen LogP contribution in [0, 0.1) is 0 Å². The van der Waals surface area contributed by atoms with Crippen molar-refractivity contribution >= 4 is 22.8 Å². The molecule has 8 heteroatoms. The molecule has 132 valence electrons. The predicted molar refractivity (Wildman–Crippen MR) is 90.4 cm³/mol. The zero-order valence-electron chi connectivity index (χ0n) is 13.7. The number of aromatic nitrogens is 2. The van der Waals surface area contributed by atoms with Gasteiger partial charge in [0, 0.05) is 19.5 Å². The Morgan fingerprint density at radius 2 is 2.04 bits per heavy atom. The van der Waals surface area contributed by atoms with Gasteiger partial charge in [0.1, 0.15) is 12.2 Å². The van der Waals surface area contributed by atoms with Gasteiger partial charge in [-0.2, -0.15) is 0 Å². The van der Waals surface area contributed by atoms with Crippen molar-refractivity contribution in [2.24, 2.45) is 0 Å². The first-order valence-corrected chi connectivity index (χ1v) is 8.40. The van der Waals surface area contributed by atoms with Crippen LogP contribution in [-0.4, -0.2) is 65.8 Å². The third kappa shape index (κ3) is 2.97. The molecule has 2 aliphatic heterocycles. The van der Waals surface area contributed by atoms with Crippen LogP contribution in [0.25, 0.3) is 10.9 Å². The van der Waals surface area contributed by atoms with E-state index in [9.17, 15) is 14.0 Å². The lowest BCUT2D eigenvalue weighted by molar-refractivity contribution is -0.136. The van der Waals surface area contributed by atoms with Gasteiger partial charge in [0.05, 0.1) is 30.7 Å². The number of carbonyl (C=O) groups excluding carboxylic acids is 1. The second-order valence-electron chi connectivity index (χ2n) is 6.35. The Morgan fingerprint density at radius 3 is 2.84 bits per heavy atom. The molecule has 2 aromatic rings. The van der Waals surface area contributed by atoms with Gasteiger partial charge in [0.15, 0.2) is 0 Å². The lowest BCUT2D eigenvalue weighted by Gasteiger charge is -2.32. The van der Waals surface area contributed by atoms with Crippen molar-refractivity contribution in [3.8, 4) is 0 Å². The van der Waals surface area contributed by atoms with Crippen molar-refractivity contribution in [3.63, 3.8) is 0 Å². The lowest BCUT2D eigenvalue weighted by Crippen LogP contribution is -2.50. The van der Waals surface area contributed by atoms with Gasteiger partial charge in [0.25, 0.3) is 5.56 Å². The monoisotopic (exact) mass is 346 g/mol. The summed E-state index contributed by atoms with van der Waals surface area (Å²) in [7, 11) is 0. The van der Waals surface area contributed by atoms with E-state index in [-0.39, 0.29) is 30.4 Å². The van der Waals surface area contributed by atoms with Crippen LogP contribution in [0.15, 0.2) is 29.1 Å². The van der Waals surface area contributed by atoms with Gasteiger partial charge in [-0.1, -0.05) is 12.1 Å². The topological polar surface area (TPSA) is 78.5 Å². The molecule has 0 spiro atoms. The molecule has 3 heterocycles. The highest BCUT2D eigenvalue weighted by Crippen LogP contribution is 2.26. The number of H-pyrrole nitrogens is 1. The number of aromatic amines is 1. The molecule has 0 bridgehead atoms. The van der Waals surface area contributed by atoms with E-state index < -0.39 is 12.2 Å². The van der Waals surface area contributed by atoms with Crippen LogP contribution in [0.5, 0.6) is 0 Å². The number of nitrogens with zero attached hydrogens (tertiary/aromatic N) is 3. The quantitative estimate of drug-likeness (QED) is 0.866. The molecule has 2 aliphatic rings. The maximum atomic E-state index is 14.1. The smallest absolute Gasteiger partial charge is 0.260 e. The Hall–Kier alpha value is -2.48. The molecule has 7 nitrogen and oxygen atoms in total. The summed E-state index contributed by atoms with van der Waals surface area (Å²) in [4.78, 5) is 35.5. The summed E-state index contributed by atoms with van der Waals surface area (Å²) in [5.74, 6) is 0.106. The summed E-state index contributed by atoms with van der Waals surface area (Å²) in [5, 5.41) is 0.471. The minimum Gasteiger partial charge on any atom is -0.378 e. The number of anilines is 1. The number of rotatable bonds is 2. The summed E-state index contributed by atoms with van der Waals surface area (Å²) >= 11 is 0. The summed E-state index contributed by atoms with van der Waals surface area (Å²) in [6, 6.07) is 6.31. The fraction of sp³-hybridized carbons (Fsp3) is 0.471. The van der Waals surface area contributed by atoms with Gasteiger partial charge in [0.2, 0.25) is 11.9 Å². The number of halogens is 1. The highest BCUT2D eigenvalue weighted by Gasteiger charge is 2.40. The molecule has 1 N–H and O–H groups in total. The van der Waals surface area contributed by atoms with Crippen LogP contribution in [-0.2, 0) is 9.53 Å². The minimum absolute atomic E-state index is 0.0437. The molecular weight excluding hydrogens is 327 g/mol. The van der Waals surface area contributed by atoms with E-state index in [4.69, 9.17) is 4.74 Å². The second-order valence-corrected chi connectivity index (χ2v) is 6.35. The number of hydrogen-bond donors (Lipinski definition) is 1. The number of alkyl halides is 1. The van der Waals surface area contributed by atoms with Crippen LogP contribution in [0.1, 0.15) is 6.42 Å². The fourth-order valence-electron chi connectivity index (χ4n) is 3.46. The standard InChI is InChI=1S/C17H19FN4O3/c18-11-9-14(16(24)21-5-7-25-8-6-21)22(10-11)17-19-13-4-2-1-3-12(13)15(23)20-17/h1-4,11,14H,5-10H2,(H,19,20,23)/t11-,14+/m1/s1. The van der Waals surface area contributed by atoms with E-state index in [0.717, 1.165) is 0 Å². The van der Waals surface area contributed by atoms with E-state index in [1.807, 2.05) is 0 Å². The number of hydrogen-bond acceptors (Lipinski definition) is 5. The van der Waals surface area contributed by atoms with Crippen LogP contribution in [0.3, 0.4) is 0 Å². The lowest BCUT2D eigenvalue weighted by atomic mass is 10.1. The van der Waals surface area contributed by atoms with E-state index in [1.165, 1.54) is 0 Å². The zero-order valence-corrected chi connectivity index (χ0v) is 13.7. The second kappa shape index (κ2) is 6.44. The molecule has 2 saturated heterocycles. The van der Waals surface area contributed by atoms with E-state index in [0.29, 0.717) is 37.2 Å². The Bertz CT molecular complexity index is 849. The van der Waals surface area contributed by atoms with Crippen LogP contribution in [0.2, 0.25) is 0 Å². The molecule has 25 heavy (non-hydrogen) atoms. The molecule has 0 aliphatic carbocycles. The molecule has 0 saturated carbocycles. The molecule has 4 rings (SSSR count). The number of morpholine rings is 1. The Balaban J connectivity index is 1.67. The molecule has 2 fully saturated rings. The van der Waals surface area contributed by atoms with Crippen molar-refractivity contribution < 1.29 is 13.9 Å². The van der Waals surface area contributed by atoms with Crippen LogP contribution in [0.4, 0.5) is 10.3 Å². The largest absolute Gasteiger partial charge is 0.378 e. The Labute approximate surface area is 143 Å². The number of para-hydroxylation sites is 1. The first-order chi connectivity index (χ1) is 12.1. The molecule has 1 aromatic carbocycles. The number of benzene rings is 1. The van der Waals surface area contributed by atoms with Gasteiger partial charge in [-0.15, -0.1) is 0 Å². The summed E-state index contributed by atoms with van der Waals surface area (Å²) in [6.07, 6.45) is -1.03. The average molecular weight is 346 g/mol. The third-order valence-corrected chi connectivity index (χ3v) is 4.73. The highest BCUT2D eigenvalue weighted by atomic mass is 19.1. The van der Waals surface area contributed by atoms with Crippen molar-refractivity contribution in [1.82, 2.24) is 14.9 Å². The van der Waals surface area contributed by atoms with Crippen molar-refractivity contribution in [1.29, 1.82) is 0 Å². The average Bonchev–Trinajstić information content (AvgIpc) is 3.03. The first kappa shape index (κ1) is 16.0. The normalized spacial score (nSPS) is 24.0. The van der Waals surface area contributed by atoms with Crippen molar-refractivity contribution in [2.75, 3.05) is 37.7 Å². The molecular formula is C17H19FN4O3. The van der Waals surface area contributed by atoms with Gasteiger partial charge in [-0.3, -0.25) is 14.6 Å². The van der Waals surface area contributed by atoms with E-state index in [2.05, 4.69) is 9.97 Å². The number of nitrogens with one attached hydrogen (secondary N) is 1. The van der Waals surface area contributed by atoms with Crippen LogP contribution >= 0.6 is 0 Å². The minimum atomic E-state index is -1.13. The summed E-state index contributed by atoms with van der Waals surface area (Å²) < 4.78 is 19.4. The van der Waals surface area contributed by atoms with Gasteiger partial charge < -0.3 is 14.5 Å². The SMILES string of the molecule is O=C([C@@H]1C[C@@H](F)CN1c1nc2ccccc2c(=O)[nH]1)N1CCOCC1. The maximum absolute atomic E-state index is 14.1. The molecule has 1 amide bonds. The predicted octanol–water partition coefficient (Wildman–Crippen LogP) is 0.699. The summed E-state index contributed by atoms with van der Waals surface area (Å²) in [6.45, 7) is 2.02. The van der Waals surface area contributed by atoms with Crippen molar-refractivity contribution in [2.45, 2.75) is 18.6 Å². The molecule has 0 radical (unpaired) electrons. The molecule has 0 unspecified atom stereocenters. The highest BCUT2D eigenvalue weighted by molar-refractivity contribution is 5.86. The Kier molecular flexibility index (Phi) is 4.12. The van der Waals surface area contributed by atoms with Gasteiger partial charge in [-0.05, 0) is 12.1 Å². The first-order valence-electron chi connectivity index (χ1n) is 8.40. The van der Waals surface area contributed by atoms with Gasteiger partial charge >= 0.3 is 0 Å². The van der Waals surface area contributed by atoms with Gasteiger partial charge in [-0.25, -0.2) is 9.37 Å². The zero-order chi connectivity index (χ0) is 17.4. The number of carbonyl (C=O) groups is 1. The summed E-state index contributed by atoms with van der Waals surface area (Å²) in [5.41, 5.74) is 0.238. The molecule has 1 aromatic heterocycles. The Morgan fingerprint density at radius 1 is 1.28 bits per heavy atom. The number of fused-ring (bicyclic) bond motifs is 1. The van der Waals surface area contributed by atoms with Crippen LogP contribution < -0.4 is 10.5 Å². The third-order valence-electron chi connectivity index (χ3n) is 4.73. The molecule has 2 atom stereocenters. The maximum Gasteiger partial charge on any atom is 0.260 e.